The zero-order valence-electron chi connectivity index (χ0n) is 19.6. The maximum atomic E-state index is 2.44. The third kappa shape index (κ3) is 4.39. The Bertz CT molecular complexity index is 1410. The van der Waals surface area contributed by atoms with Crippen LogP contribution in [0.3, 0.4) is 0 Å². The first-order valence-corrected chi connectivity index (χ1v) is 13.6. The SMILES string of the molecule is C1=C(Cc2ccccc2)c2ccccc2C(P(c2ccccc2)c2ccccc2)c2ccccc21. The lowest BCUT2D eigenvalue weighted by Gasteiger charge is -2.31. The molecule has 0 saturated heterocycles. The molecule has 0 spiro atoms. The molecule has 35 heavy (non-hydrogen) atoms. The van der Waals surface area contributed by atoms with Gasteiger partial charge in [-0.25, -0.2) is 0 Å². The van der Waals surface area contributed by atoms with Crippen LogP contribution < -0.4 is 10.6 Å². The predicted octanol–water partition coefficient (Wildman–Crippen LogP) is 8.01. The number of hydrogen-bond donors (Lipinski definition) is 0. The zero-order valence-corrected chi connectivity index (χ0v) is 20.5. The van der Waals surface area contributed by atoms with Crippen LogP contribution in [0.1, 0.15) is 33.5 Å². The van der Waals surface area contributed by atoms with Crippen molar-refractivity contribution in [3.8, 4) is 0 Å². The van der Waals surface area contributed by atoms with Crippen LogP contribution in [0.25, 0.3) is 11.6 Å². The van der Waals surface area contributed by atoms with E-state index in [1.165, 1.54) is 44.0 Å². The van der Waals surface area contributed by atoms with E-state index in [2.05, 4.69) is 146 Å². The molecular formula is C34H27P. The Hall–Kier alpha value is -3.73. The average Bonchev–Trinajstić information content (AvgIpc) is 3.06. The number of fused-ring (bicyclic) bond motifs is 2. The minimum Gasteiger partial charge on any atom is -0.0622 e. The lowest BCUT2D eigenvalue weighted by atomic mass is 9.93. The molecule has 6 rings (SSSR count). The van der Waals surface area contributed by atoms with E-state index in [1.54, 1.807) is 0 Å². The first-order valence-electron chi connectivity index (χ1n) is 12.2. The highest BCUT2D eigenvalue weighted by Gasteiger charge is 2.32. The summed E-state index contributed by atoms with van der Waals surface area (Å²) in [5.41, 5.74) is 8.55. The Kier molecular flexibility index (Phi) is 6.14. The van der Waals surface area contributed by atoms with Crippen molar-refractivity contribution in [1.29, 1.82) is 0 Å². The molecule has 1 aliphatic rings. The molecule has 0 aromatic heterocycles. The van der Waals surface area contributed by atoms with Gasteiger partial charge in [0.05, 0.1) is 0 Å². The van der Waals surface area contributed by atoms with Crippen LogP contribution in [0.5, 0.6) is 0 Å². The summed E-state index contributed by atoms with van der Waals surface area (Å²) in [5.74, 6) is 0. The van der Waals surface area contributed by atoms with Crippen molar-refractivity contribution >= 4 is 30.2 Å². The summed E-state index contributed by atoms with van der Waals surface area (Å²) in [5, 5.41) is 2.82. The van der Waals surface area contributed by atoms with E-state index >= 15 is 0 Å². The number of rotatable bonds is 5. The highest BCUT2D eigenvalue weighted by molar-refractivity contribution is 7.73. The summed E-state index contributed by atoms with van der Waals surface area (Å²) in [4.78, 5) is 0. The number of allylic oxidation sites excluding steroid dienone is 1. The van der Waals surface area contributed by atoms with Gasteiger partial charge in [0.2, 0.25) is 0 Å². The van der Waals surface area contributed by atoms with Crippen LogP contribution in [-0.4, -0.2) is 0 Å². The van der Waals surface area contributed by atoms with E-state index in [-0.39, 0.29) is 5.66 Å². The van der Waals surface area contributed by atoms with Crippen molar-refractivity contribution < 1.29 is 0 Å². The molecule has 1 aliphatic carbocycles. The first-order chi connectivity index (χ1) is 17.4. The van der Waals surface area contributed by atoms with Crippen molar-refractivity contribution in [2.24, 2.45) is 0 Å². The van der Waals surface area contributed by atoms with Crippen LogP contribution in [0.15, 0.2) is 140 Å². The molecule has 0 N–H and O–H groups in total. The fourth-order valence-electron chi connectivity index (χ4n) is 5.22. The van der Waals surface area contributed by atoms with Gasteiger partial charge in [-0.1, -0.05) is 146 Å². The van der Waals surface area contributed by atoms with Crippen LogP contribution in [-0.2, 0) is 6.42 Å². The second kappa shape index (κ2) is 9.87. The van der Waals surface area contributed by atoms with Crippen LogP contribution in [0.2, 0.25) is 0 Å². The van der Waals surface area contributed by atoms with Gasteiger partial charge in [0.15, 0.2) is 0 Å². The van der Waals surface area contributed by atoms with E-state index in [4.69, 9.17) is 0 Å². The summed E-state index contributed by atoms with van der Waals surface area (Å²) in [6.07, 6.45) is 3.36. The summed E-state index contributed by atoms with van der Waals surface area (Å²) in [7, 11) is -0.671. The Morgan fingerprint density at radius 1 is 0.486 bits per heavy atom. The number of hydrogen-bond acceptors (Lipinski definition) is 0. The van der Waals surface area contributed by atoms with Gasteiger partial charge in [-0.2, -0.15) is 0 Å². The lowest BCUT2D eigenvalue weighted by molar-refractivity contribution is 1.13. The number of benzene rings is 5. The highest BCUT2D eigenvalue weighted by atomic mass is 31.1. The van der Waals surface area contributed by atoms with Crippen molar-refractivity contribution in [3.05, 3.63) is 167 Å². The highest BCUT2D eigenvalue weighted by Crippen LogP contribution is 2.56. The second-order valence-corrected chi connectivity index (χ2v) is 11.3. The van der Waals surface area contributed by atoms with Crippen LogP contribution in [0, 0.1) is 0 Å². The first kappa shape index (κ1) is 21.8. The molecular weight excluding hydrogens is 439 g/mol. The maximum absolute atomic E-state index is 2.44. The van der Waals surface area contributed by atoms with E-state index in [1.807, 2.05) is 0 Å². The van der Waals surface area contributed by atoms with Gasteiger partial charge in [0, 0.05) is 5.66 Å². The molecule has 0 fully saturated rings. The van der Waals surface area contributed by atoms with Crippen molar-refractivity contribution in [2.75, 3.05) is 0 Å². The van der Waals surface area contributed by atoms with Crippen LogP contribution in [0.4, 0.5) is 0 Å². The largest absolute Gasteiger partial charge is 0.0622 e. The second-order valence-electron chi connectivity index (χ2n) is 8.99. The standard InChI is InChI=1S/C34H27P/c1-4-14-26(15-5-1)24-28-25-27-16-10-11-22-32(27)34(33-23-13-12-21-31(28)33)35(29-17-6-2-7-18-29)30-19-8-3-9-20-30/h1-23,25,34H,24H2. The Labute approximate surface area is 209 Å². The summed E-state index contributed by atoms with van der Waals surface area (Å²) in [6.45, 7) is 0. The summed E-state index contributed by atoms with van der Waals surface area (Å²) < 4.78 is 0. The predicted molar refractivity (Wildman–Crippen MR) is 152 cm³/mol. The summed E-state index contributed by atoms with van der Waals surface area (Å²) in [6, 6.07) is 51.2. The molecule has 0 aliphatic heterocycles. The minimum atomic E-state index is -0.671. The van der Waals surface area contributed by atoms with E-state index < -0.39 is 7.92 Å². The Morgan fingerprint density at radius 2 is 1.00 bits per heavy atom. The molecule has 1 heteroatoms. The monoisotopic (exact) mass is 466 g/mol. The third-order valence-corrected chi connectivity index (χ3v) is 9.57. The van der Waals surface area contributed by atoms with Crippen molar-refractivity contribution in [2.45, 2.75) is 12.1 Å². The molecule has 0 amide bonds. The molecule has 0 bridgehead atoms. The molecule has 0 heterocycles. The van der Waals surface area contributed by atoms with Gasteiger partial charge in [0.25, 0.3) is 0 Å². The van der Waals surface area contributed by atoms with Gasteiger partial charge in [-0.3, -0.25) is 0 Å². The normalized spacial score (nSPS) is 14.5. The Balaban J connectivity index is 1.60. The smallest absolute Gasteiger partial charge is 0.0384 e. The Morgan fingerprint density at radius 3 is 1.66 bits per heavy atom. The molecule has 0 nitrogen and oxygen atoms in total. The zero-order chi connectivity index (χ0) is 23.5. The molecule has 0 saturated carbocycles. The third-order valence-electron chi connectivity index (χ3n) is 6.79. The fraction of sp³-hybridized carbons (Fsp3) is 0.0588. The van der Waals surface area contributed by atoms with Crippen LogP contribution >= 0.6 is 7.92 Å². The molecule has 1 atom stereocenters. The summed E-state index contributed by atoms with van der Waals surface area (Å²) >= 11 is 0. The maximum Gasteiger partial charge on any atom is 0.0384 e. The molecule has 1 unspecified atom stereocenters. The molecule has 0 radical (unpaired) electrons. The quantitative estimate of drug-likeness (QED) is 0.230. The van der Waals surface area contributed by atoms with Gasteiger partial charge in [-0.05, 0) is 58.3 Å². The van der Waals surface area contributed by atoms with Gasteiger partial charge in [0.1, 0.15) is 0 Å². The van der Waals surface area contributed by atoms with E-state index in [0.717, 1.165) is 6.42 Å². The van der Waals surface area contributed by atoms with E-state index in [0.29, 0.717) is 0 Å². The molecule has 5 aromatic rings. The minimum absolute atomic E-state index is 0.270. The molecule has 5 aromatic carbocycles. The van der Waals surface area contributed by atoms with Crippen molar-refractivity contribution in [1.82, 2.24) is 0 Å². The lowest BCUT2D eigenvalue weighted by Crippen LogP contribution is -2.19. The molecule has 168 valence electrons. The van der Waals surface area contributed by atoms with Crippen molar-refractivity contribution in [3.63, 3.8) is 0 Å². The average molecular weight is 467 g/mol. The topological polar surface area (TPSA) is 0 Å². The van der Waals surface area contributed by atoms with Gasteiger partial charge in [-0.15, -0.1) is 0 Å². The van der Waals surface area contributed by atoms with Gasteiger partial charge >= 0.3 is 0 Å². The fourth-order valence-corrected chi connectivity index (χ4v) is 8.11. The van der Waals surface area contributed by atoms with Gasteiger partial charge < -0.3 is 0 Å². The van der Waals surface area contributed by atoms with E-state index in [9.17, 15) is 0 Å².